The Morgan fingerprint density at radius 1 is 1.10 bits per heavy atom. The monoisotopic (exact) mass is 427 g/mol. The first kappa shape index (κ1) is 21.7. The fraction of sp³-hybridized carbons (Fsp3) is 0.286. The molecule has 30 heavy (non-hydrogen) atoms. The molecule has 1 amide bonds. The van der Waals surface area contributed by atoms with E-state index in [1.165, 1.54) is 26.5 Å². The largest absolute Gasteiger partial charge is 0.348 e. The van der Waals surface area contributed by atoms with Crippen molar-refractivity contribution < 1.29 is 13.2 Å². The summed E-state index contributed by atoms with van der Waals surface area (Å²) in [6.45, 7) is 4.51. The molecule has 0 radical (unpaired) electrons. The number of carbonyl (C=O) groups excluding carboxylic acids is 1. The van der Waals surface area contributed by atoms with Crippen molar-refractivity contribution in [3.63, 3.8) is 0 Å². The van der Waals surface area contributed by atoms with Gasteiger partial charge in [-0.2, -0.15) is 5.10 Å². The second-order valence-corrected chi connectivity index (χ2v) is 9.42. The SMILES string of the molecule is Cc1cc(C(=O)NCc2ccc(Cn3cncn3)cc2)cc(S(=O)(=O)N(C)C)c1C. The number of aromatic nitrogens is 3. The zero-order chi connectivity index (χ0) is 21.9. The summed E-state index contributed by atoms with van der Waals surface area (Å²) in [5, 5.41) is 6.94. The van der Waals surface area contributed by atoms with Gasteiger partial charge in [0.05, 0.1) is 11.4 Å². The Hall–Kier alpha value is -3.04. The predicted molar refractivity (Wildman–Crippen MR) is 114 cm³/mol. The molecule has 0 fully saturated rings. The molecule has 8 nitrogen and oxygen atoms in total. The van der Waals surface area contributed by atoms with E-state index in [4.69, 9.17) is 0 Å². The number of sulfonamides is 1. The Bertz CT molecular complexity index is 1140. The van der Waals surface area contributed by atoms with Crippen LogP contribution in [0.5, 0.6) is 0 Å². The highest BCUT2D eigenvalue weighted by molar-refractivity contribution is 7.89. The van der Waals surface area contributed by atoms with E-state index in [2.05, 4.69) is 15.4 Å². The number of hydrogen-bond acceptors (Lipinski definition) is 5. The van der Waals surface area contributed by atoms with Gasteiger partial charge >= 0.3 is 0 Å². The summed E-state index contributed by atoms with van der Waals surface area (Å²) in [7, 11) is -0.687. The van der Waals surface area contributed by atoms with E-state index >= 15 is 0 Å². The molecule has 1 heterocycles. The molecule has 0 unspecified atom stereocenters. The Labute approximate surface area is 176 Å². The van der Waals surface area contributed by atoms with Gasteiger partial charge in [0.2, 0.25) is 10.0 Å². The summed E-state index contributed by atoms with van der Waals surface area (Å²) in [5.74, 6) is -0.319. The number of benzene rings is 2. The van der Waals surface area contributed by atoms with Crippen molar-refractivity contribution in [1.29, 1.82) is 0 Å². The predicted octanol–water partition coefficient (Wildman–Crippen LogP) is 2.12. The molecule has 0 aliphatic rings. The van der Waals surface area contributed by atoms with Crippen LogP contribution >= 0.6 is 0 Å². The van der Waals surface area contributed by atoms with E-state index in [9.17, 15) is 13.2 Å². The number of carbonyl (C=O) groups is 1. The minimum Gasteiger partial charge on any atom is -0.348 e. The highest BCUT2D eigenvalue weighted by Gasteiger charge is 2.22. The fourth-order valence-corrected chi connectivity index (χ4v) is 4.19. The van der Waals surface area contributed by atoms with Crippen LogP contribution in [0.25, 0.3) is 0 Å². The number of hydrogen-bond donors (Lipinski definition) is 1. The maximum Gasteiger partial charge on any atom is 0.251 e. The molecule has 1 N–H and O–H groups in total. The first-order chi connectivity index (χ1) is 14.2. The fourth-order valence-electron chi connectivity index (χ4n) is 2.97. The van der Waals surface area contributed by atoms with E-state index < -0.39 is 10.0 Å². The number of rotatable bonds is 7. The molecule has 0 aliphatic carbocycles. The van der Waals surface area contributed by atoms with Crippen LogP contribution in [-0.2, 0) is 23.1 Å². The van der Waals surface area contributed by atoms with E-state index in [0.717, 1.165) is 21.0 Å². The van der Waals surface area contributed by atoms with Gasteiger partial charge in [-0.15, -0.1) is 0 Å². The van der Waals surface area contributed by atoms with Crippen LogP contribution in [-0.4, -0.2) is 47.5 Å². The van der Waals surface area contributed by atoms with Gasteiger partial charge in [-0.1, -0.05) is 24.3 Å². The van der Waals surface area contributed by atoms with Crippen LogP contribution in [0.3, 0.4) is 0 Å². The molecular formula is C21H25N5O3S. The third kappa shape index (κ3) is 4.74. The second kappa shape index (κ2) is 8.76. The summed E-state index contributed by atoms with van der Waals surface area (Å²) in [5.41, 5.74) is 3.73. The van der Waals surface area contributed by atoms with Gasteiger partial charge in [-0.25, -0.2) is 22.4 Å². The molecule has 2 aromatic carbocycles. The summed E-state index contributed by atoms with van der Waals surface area (Å²) in [4.78, 5) is 16.7. The highest BCUT2D eigenvalue weighted by atomic mass is 32.2. The van der Waals surface area contributed by atoms with Gasteiger partial charge in [0.25, 0.3) is 5.91 Å². The second-order valence-electron chi connectivity index (χ2n) is 7.30. The third-order valence-corrected chi connectivity index (χ3v) is 6.87. The standard InChI is InChI=1S/C21H25N5O3S/c1-15-9-19(10-20(16(15)2)30(28,29)25(3)4)21(27)23-11-17-5-7-18(8-6-17)12-26-14-22-13-24-26/h5-10,13-14H,11-12H2,1-4H3,(H,23,27). The third-order valence-electron chi connectivity index (χ3n) is 4.93. The van der Waals surface area contributed by atoms with Crippen LogP contribution in [0, 0.1) is 13.8 Å². The van der Waals surface area contributed by atoms with E-state index in [0.29, 0.717) is 24.2 Å². The van der Waals surface area contributed by atoms with Gasteiger partial charge < -0.3 is 5.32 Å². The zero-order valence-corrected chi connectivity index (χ0v) is 18.3. The average Bonchev–Trinajstić information content (AvgIpc) is 3.22. The molecule has 0 aliphatic heterocycles. The van der Waals surface area contributed by atoms with Crippen molar-refractivity contribution in [2.45, 2.75) is 31.8 Å². The van der Waals surface area contributed by atoms with Crippen LogP contribution < -0.4 is 5.32 Å². The van der Waals surface area contributed by atoms with Gasteiger partial charge in [-0.3, -0.25) is 4.79 Å². The lowest BCUT2D eigenvalue weighted by atomic mass is 10.1. The topological polar surface area (TPSA) is 97.2 Å². The minimum atomic E-state index is -3.64. The summed E-state index contributed by atoms with van der Waals surface area (Å²) >= 11 is 0. The minimum absolute atomic E-state index is 0.148. The van der Waals surface area contributed by atoms with Crippen LogP contribution in [0.1, 0.15) is 32.6 Å². The normalized spacial score (nSPS) is 11.6. The molecule has 0 atom stereocenters. The van der Waals surface area contributed by atoms with Gasteiger partial charge in [-0.05, 0) is 48.2 Å². The average molecular weight is 428 g/mol. The summed E-state index contributed by atoms with van der Waals surface area (Å²) in [6, 6.07) is 11.0. The molecule has 0 bridgehead atoms. The molecule has 3 aromatic rings. The molecule has 1 aromatic heterocycles. The first-order valence-corrected chi connectivity index (χ1v) is 10.8. The van der Waals surface area contributed by atoms with Gasteiger partial charge in [0, 0.05) is 26.2 Å². The Morgan fingerprint density at radius 2 is 1.77 bits per heavy atom. The smallest absolute Gasteiger partial charge is 0.251 e. The molecule has 0 saturated heterocycles. The van der Waals surface area contributed by atoms with Crippen molar-refractivity contribution in [3.05, 3.63) is 76.9 Å². The van der Waals surface area contributed by atoms with Crippen molar-refractivity contribution in [2.75, 3.05) is 14.1 Å². The summed E-state index contributed by atoms with van der Waals surface area (Å²) < 4.78 is 28.1. The maximum absolute atomic E-state index is 12.7. The Morgan fingerprint density at radius 3 is 2.37 bits per heavy atom. The molecular weight excluding hydrogens is 402 g/mol. The van der Waals surface area contributed by atoms with Crippen LogP contribution in [0.4, 0.5) is 0 Å². The Kier molecular flexibility index (Phi) is 6.33. The molecule has 158 valence electrons. The zero-order valence-electron chi connectivity index (χ0n) is 17.5. The number of aryl methyl sites for hydroxylation is 1. The number of nitrogens with one attached hydrogen (secondary N) is 1. The van der Waals surface area contributed by atoms with Crippen molar-refractivity contribution in [3.8, 4) is 0 Å². The van der Waals surface area contributed by atoms with E-state index in [1.54, 1.807) is 30.9 Å². The van der Waals surface area contributed by atoms with Crippen LogP contribution in [0.15, 0.2) is 53.9 Å². The van der Waals surface area contributed by atoms with E-state index in [1.807, 2.05) is 24.3 Å². The molecule has 0 saturated carbocycles. The lowest BCUT2D eigenvalue weighted by Gasteiger charge is -2.16. The molecule has 9 heteroatoms. The maximum atomic E-state index is 12.7. The number of nitrogens with zero attached hydrogens (tertiary/aromatic N) is 4. The summed E-state index contributed by atoms with van der Waals surface area (Å²) in [6.07, 6.45) is 3.15. The van der Waals surface area contributed by atoms with Gasteiger partial charge in [0.15, 0.2) is 0 Å². The lowest BCUT2D eigenvalue weighted by molar-refractivity contribution is 0.0950. The van der Waals surface area contributed by atoms with Crippen molar-refractivity contribution in [2.24, 2.45) is 0 Å². The molecule has 0 spiro atoms. The molecule has 3 rings (SSSR count). The first-order valence-electron chi connectivity index (χ1n) is 9.40. The number of amides is 1. The highest BCUT2D eigenvalue weighted by Crippen LogP contribution is 2.23. The van der Waals surface area contributed by atoms with E-state index in [-0.39, 0.29) is 10.8 Å². The lowest BCUT2D eigenvalue weighted by Crippen LogP contribution is -2.26. The van der Waals surface area contributed by atoms with Crippen LogP contribution in [0.2, 0.25) is 0 Å². The quantitative estimate of drug-likeness (QED) is 0.623. The van der Waals surface area contributed by atoms with Crippen molar-refractivity contribution in [1.82, 2.24) is 24.4 Å². The van der Waals surface area contributed by atoms with Gasteiger partial charge in [0.1, 0.15) is 12.7 Å². The van der Waals surface area contributed by atoms with Crippen molar-refractivity contribution >= 4 is 15.9 Å². The Balaban J connectivity index is 1.71.